The maximum Gasteiger partial charge on any atom is 0.240 e. The molecule has 3 rings (SSSR count). The molecule has 0 radical (unpaired) electrons. The maximum absolute atomic E-state index is 12.6. The number of benzene rings is 2. The number of hydrogen-bond acceptors (Lipinski definition) is 7. The fraction of sp³-hybridized carbons (Fsp3) is 0.360. The number of carbonyl (C=O) groups is 1. The second kappa shape index (κ2) is 10.7. The second-order valence-electron chi connectivity index (χ2n) is 8.00. The lowest BCUT2D eigenvalue weighted by molar-refractivity contribution is -0.117. The number of aromatic nitrogens is 1. The Hall–Kier alpha value is -3.10. The number of aryl methyl sites for hydroxylation is 3. The zero-order valence-corrected chi connectivity index (χ0v) is 21.1. The third kappa shape index (κ3) is 5.64. The summed E-state index contributed by atoms with van der Waals surface area (Å²) in [7, 11) is 6.62. The molecule has 0 saturated carbocycles. The van der Waals surface area contributed by atoms with E-state index in [1.807, 2.05) is 29.5 Å². The van der Waals surface area contributed by atoms with Crippen molar-refractivity contribution in [3.05, 3.63) is 51.9 Å². The number of hydrogen-bond donors (Lipinski definition) is 1. The molecule has 0 bridgehead atoms. The molecule has 8 heteroatoms. The summed E-state index contributed by atoms with van der Waals surface area (Å²) in [4.78, 5) is 19.2. The first-order valence-electron chi connectivity index (χ1n) is 10.6. The molecule has 3 aromatic rings. The van der Waals surface area contributed by atoms with E-state index in [2.05, 4.69) is 43.2 Å². The fourth-order valence-electron chi connectivity index (χ4n) is 3.73. The summed E-state index contributed by atoms with van der Waals surface area (Å²) < 4.78 is 16.3. The molecule has 0 aliphatic rings. The Kier molecular flexibility index (Phi) is 7.94. The van der Waals surface area contributed by atoms with Crippen molar-refractivity contribution in [2.45, 2.75) is 27.3 Å². The number of rotatable bonds is 9. The van der Waals surface area contributed by atoms with Crippen LogP contribution < -0.4 is 19.5 Å². The summed E-state index contributed by atoms with van der Waals surface area (Å²) in [5, 5.41) is 5.48. The van der Waals surface area contributed by atoms with Gasteiger partial charge in [-0.3, -0.25) is 9.69 Å². The molecular weight excluding hydrogens is 438 g/mol. The zero-order valence-electron chi connectivity index (χ0n) is 20.2. The summed E-state index contributed by atoms with van der Waals surface area (Å²) in [6, 6.07) is 8.05. The van der Waals surface area contributed by atoms with Crippen molar-refractivity contribution < 1.29 is 19.0 Å². The van der Waals surface area contributed by atoms with Crippen LogP contribution >= 0.6 is 11.3 Å². The molecule has 1 amide bonds. The number of methoxy groups -OCH3 is 3. The molecular formula is C25H31N3O4S. The van der Waals surface area contributed by atoms with Crippen molar-refractivity contribution in [2.75, 3.05) is 40.2 Å². The number of carbonyl (C=O) groups excluding carboxylic acids is 1. The van der Waals surface area contributed by atoms with E-state index in [0.717, 1.165) is 16.8 Å². The lowest BCUT2D eigenvalue weighted by Gasteiger charge is -2.20. The molecule has 0 saturated heterocycles. The van der Waals surface area contributed by atoms with Gasteiger partial charge in [-0.2, -0.15) is 0 Å². The molecule has 0 unspecified atom stereocenters. The minimum Gasteiger partial charge on any atom is -0.493 e. The van der Waals surface area contributed by atoms with Crippen LogP contribution in [0.4, 0.5) is 5.13 Å². The smallest absolute Gasteiger partial charge is 0.240 e. The predicted molar refractivity (Wildman–Crippen MR) is 133 cm³/mol. The van der Waals surface area contributed by atoms with Gasteiger partial charge in [0.15, 0.2) is 16.6 Å². The number of anilines is 1. The number of ether oxygens (including phenoxy) is 3. The van der Waals surface area contributed by atoms with E-state index in [9.17, 15) is 4.79 Å². The van der Waals surface area contributed by atoms with Gasteiger partial charge in [0.2, 0.25) is 11.7 Å². The van der Waals surface area contributed by atoms with Crippen molar-refractivity contribution in [3.63, 3.8) is 0 Å². The van der Waals surface area contributed by atoms with Gasteiger partial charge in [-0.1, -0.05) is 12.1 Å². The molecule has 0 aliphatic heterocycles. The van der Waals surface area contributed by atoms with Crippen molar-refractivity contribution in [1.29, 1.82) is 0 Å². The summed E-state index contributed by atoms with van der Waals surface area (Å²) in [5.74, 6) is 1.59. The van der Waals surface area contributed by atoms with Gasteiger partial charge < -0.3 is 19.5 Å². The van der Waals surface area contributed by atoms with Gasteiger partial charge in [0.25, 0.3) is 0 Å². The molecule has 0 spiro atoms. The maximum atomic E-state index is 12.6. The van der Waals surface area contributed by atoms with Crippen molar-refractivity contribution >= 4 is 22.4 Å². The van der Waals surface area contributed by atoms with Crippen LogP contribution in [0.2, 0.25) is 0 Å². The van der Waals surface area contributed by atoms with E-state index in [4.69, 9.17) is 14.2 Å². The first-order valence-corrected chi connectivity index (χ1v) is 11.4. The van der Waals surface area contributed by atoms with E-state index >= 15 is 0 Å². The van der Waals surface area contributed by atoms with E-state index in [1.165, 1.54) is 28.0 Å². The Morgan fingerprint density at radius 1 is 1.00 bits per heavy atom. The molecule has 0 aliphatic carbocycles. The highest BCUT2D eigenvalue weighted by molar-refractivity contribution is 7.14. The number of thiazole rings is 1. The number of nitrogens with zero attached hydrogens (tertiary/aromatic N) is 2. The van der Waals surface area contributed by atoms with Crippen molar-refractivity contribution in [1.82, 2.24) is 9.88 Å². The van der Waals surface area contributed by atoms with Crippen molar-refractivity contribution in [3.8, 4) is 28.5 Å². The minimum atomic E-state index is -0.130. The molecule has 0 atom stereocenters. The monoisotopic (exact) mass is 469 g/mol. The largest absolute Gasteiger partial charge is 0.493 e. The molecule has 1 heterocycles. The Bertz CT molecular complexity index is 1140. The van der Waals surface area contributed by atoms with Gasteiger partial charge in [0.05, 0.1) is 33.6 Å². The van der Waals surface area contributed by atoms with Crippen LogP contribution in [0.5, 0.6) is 17.2 Å². The SMILES string of the molecule is COc1ccc(CN(C)CC(=O)Nc2nc(-c3cc(C)c(C)cc3C)cs2)c(OC)c1OC. The number of likely N-dealkylation sites (N-methyl/N-ethyl adjacent to an activating group) is 1. The van der Waals surface area contributed by atoms with Crippen LogP contribution in [-0.2, 0) is 11.3 Å². The van der Waals surface area contributed by atoms with Crippen LogP contribution in [0.15, 0.2) is 29.6 Å². The molecule has 176 valence electrons. The Morgan fingerprint density at radius 3 is 2.36 bits per heavy atom. The first kappa shape index (κ1) is 24.5. The first-order chi connectivity index (χ1) is 15.8. The Morgan fingerprint density at radius 2 is 1.70 bits per heavy atom. The summed E-state index contributed by atoms with van der Waals surface area (Å²) in [5.41, 5.74) is 6.51. The molecule has 1 aromatic heterocycles. The molecule has 1 N–H and O–H groups in total. The van der Waals surface area contributed by atoms with Gasteiger partial charge in [0, 0.05) is 23.1 Å². The van der Waals surface area contributed by atoms with Gasteiger partial charge in [-0.25, -0.2) is 4.98 Å². The second-order valence-corrected chi connectivity index (χ2v) is 8.86. The van der Waals surface area contributed by atoms with Gasteiger partial charge in [-0.15, -0.1) is 11.3 Å². The highest BCUT2D eigenvalue weighted by atomic mass is 32.1. The normalized spacial score (nSPS) is 10.9. The molecule has 33 heavy (non-hydrogen) atoms. The summed E-state index contributed by atoms with van der Waals surface area (Å²) >= 11 is 1.43. The van der Waals surface area contributed by atoms with Crippen molar-refractivity contribution in [2.24, 2.45) is 0 Å². The van der Waals surface area contributed by atoms with Gasteiger partial charge in [-0.05, 0) is 56.6 Å². The highest BCUT2D eigenvalue weighted by Crippen LogP contribution is 2.40. The number of nitrogens with one attached hydrogen (secondary N) is 1. The number of amides is 1. The van der Waals surface area contributed by atoms with E-state index < -0.39 is 0 Å². The fourth-order valence-corrected chi connectivity index (χ4v) is 4.46. The molecule has 2 aromatic carbocycles. The molecule has 7 nitrogen and oxygen atoms in total. The van der Waals surface area contributed by atoms with Crippen LogP contribution in [-0.4, -0.2) is 50.7 Å². The summed E-state index contributed by atoms with van der Waals surface area (Å²) in [6.45, 7) is 6.98. The standard InChI is InChI=1S/C25H31N3O4S/c1-15-10-17(3)19(11-16(15)2)20-14-33-25(26-20)27-22(29)13-28(4)12-18-8-9-21(30-5)24(32-7)23(18)31-6/h8-11,14H,12-13H2,1-7H3,(H,26,27,29). The summed E-state index contributed by atoms with van der Waals surface area (Å²) in [6.07, 6.45) is 0. The lowest BCUT2D eigenvalue weighted by atomic mass is 9.99. The van der Waals surface area contributed by atoms with Crippen LogP contribution in [0.25, 0.3) is 11.3 Å². The van der Waals surface area contributed by atoms with Crippen LogP contribution in [0, 0.1) is 20.8 Å². The minimum absolute atomic E-state index is 0.130. The Balaban J connectivity index is 1.66. The average molecular weight is 470 g/mol. The van der Waals surface area contributed by atoms with E-state index in [1.54, 1.807) is 21.3 Å². The van der Waals surface area contributed by atoms with Gasteiger partial charge in [0.1, 0.15) is 0 Å². The lowest BCUT2D eigenvalue weighted by Crippen LogP contribution is -2.30. The van der Waals surface area contributed by atoms with Gasteiger partial charge >= 0.3 is 0 Å². The highest BCUT2D eigenvalue weighted by Gasteiger charge is 2.18. The van der Waals surface area contributed by atoms with Crippen LogP contribution in [0.3, 0.4) is 0 Å². The predicted octanol–water partition coefficient (Wildman–Crippen LogP) is 4.83. The third-order valence-electron chi connectivity index (χ3n) is 5.51. The van der Waals surface area contributed by atoms with E-state index in [0.29, 0.717) is 28.9 Å². The molecule has 0 fully saturated rings. The average Bonchev–Trinajstić information content (AvgIpc) is 3.23. The Labute approximate surface area is 199 Å². The zero-order chi connectivity index (χ0) is 24.1. The van der Waals surface area contributed by atoms with E-state index in [-0.39, 0.29) is 12.5 Å². The third-order valence-corrected chi connectivity index (χ3v) is 6.26. The quantitative estimate of drug-likeness (QED) is 0.484. The van der Waals surface area contributed by atoms with Crippen LogP contribution in [0.1, 0.15) is 22.3 Å². The topological polar surface area (TPSA) is 72.9 Å².